The molecule has 2 N–H and O–H groups in total. The van der Waals surface area contributed by atoms with Gasteiger partial charge in [-0.3, -0.25) is 9.52 Å². The molecule has 1 amide bonds. The summed E-state index contributed by atoms with van der Waals surface area (Å²) in [5, 5.41) is 7.42. The highest BCUT2D eigenvalue weighted by atomic mass is 32.2. The first-order valence-corrected chi connectivity index (χ1v) is 13.1. The van der Waals surface area contributed by atoms with Gasteiger partial charge in [-0.25, -0.2) is 26.9 Å². The van der Waals surface area contributed by atoms with Crippen molar-refractivity contribution in [2.45, 2.75) is 19.9 Å². The first-order valence-electron chi connectivity index (χ1n) is 11.5. The molecule has 2 aromatic heterocycles. The zero-order chi connectivity index (χ0) is 27.4. The van der Waals surface area contributed by atoms with Crippen molar-refractivity contribution < 1.29 is 31.5 Å². The molecule has 0 saturated heterocycles. The van der Waals surface area contributed by atoms with Gasteiger partial charge in [0.2, 0.25) is 15.9 Å². The molecule has 0 unspecified atom stereocenters. The Hall–Kier alpha value is -4.26. The van der Waals surface area contributed by atoms with E-state index < -0.39 is 38.8 Å². The van der Waals surface area contributed by atoms with Crippen molar-refractivity contribution in [1.29, 1.82) is 0 Å². The molecule has 200 valence electrons. The fourth-order valence-corrected chi connectivity index (χ4v) is 4.90. The molecule has 0 aliphatic heterocycles. The Bertz CT molecular complexity index is 1590. The first-order chi connectivity index (χ1) is 18.2. The van der Waals surface area contributed by atoms with Crippen molar-refractivity contribution in [3.8, 4) is 11.6 Å². The van der Waals surface area contributed by atoms with E-state index in [1.54, 1.807) is 24.8 Å². The van der Waals surface area contributed by atoms with Gasteiger partial charge in [-0.1, -0.05) is 19.1 Å². The van der Waals surface area contributed by atoms with Gasteiger partial charge in [0.1, 0.15) is 17.3 Å². The van der Waals surface area contributed by atoms with Crippen LogP contribution in [0, 0.1) is 11.6 Å². The highest BCUT2D eigenvalue weighted by Crippen LogP contribution is 2.28. The number of methoxy groups -OCH3 is 2. The van der Waals surface area contributed by atoms with E-state index in [2.05, 4.69) is 15.4 Å². The van der Waals surface area contributed by atoms with E-state index in [4.69, 9.17) is 9.47 Å². The van der Waals surface area contributed by atoms with Gasteiger partial charge >= 0.3 is 0 Å². The third-order valence-corrected chi connectivity index (χ3v) is 7.02. The van der Waals surface area contributed by atoms with Crippen LogP contribution in [-0.4, -0.2) is 49.1 Å². The molecule has 0 aliphatic rings. The van der Waals surface area contributed by atoms with E-state index in [0.29, 0.717) is 17.6 Å². The van der Waals surface area contributed by atoms with Gasteiger partial charge < -0.3 is 14.8 Å². The Morgan fingerprint density at radius 1 is 1.08 bits per heavy atom. The Morgan fingerprint density at radius 2 is 1.82 bits per heavy atom. The van der Waals surface area contributed by atoms with Crippen LogP contribution >= 0.6 is 0 Å². The van der Waals surface area contributed by atoms with Crippen LogP contribution in [0.1, 0.15) is 29.3 Å². The topological polar surface area (TPSA) is 124 Å². The molecule has 2 heterocycles. The second kappa shape index (κ2) is 11.0. The second-order valence-electron chi connectivity index (χ2n) is 8.27. The summed E-state index contributed by atoms with van der Waals surface area (Å²) in [5.74, 6) is -2.75. The molecule has 4 aromatic rings. The number of nitrogens with one attached hydrogen (secondary N) is 2. The monoisotopic (exact) mass is 545 g/mol. The minimum atomic E-state index is -3.99. The molecule has 0 atom stereocenters. The lowest BCUT2D eigenvalue weighted by Crippen LogP contribution is -2.20. The summed E-state index contributed by atoms with van der Waals surface area (Å²) in [7, 11) is -0.961. The Morgan fingerprint density at radius 3 is 2.47 bits per heavy atom. The van der Waals surface area contributed by atoms with Gasteiger partial charge in [0.05, 0.1) is 49.4 Å². The van der Waals surface area contributed by atoms with E-state index in [9.17, 15) is 17.6 Å². The average Bonchev–Trinajstić information content (AvgIpc) is 3.23. The van der Waals surface area contributed by atoms with E-state index in [1.807, 2.05) is 29.0 Å². The molecule has 0 aliphatic carbocycles. The van der Waals surface area contributed by atoms with Gasteiger partial charge in [-0.05, 0) is 42.3 Å². The first kappa shape index (κ1) is 26.8. The highest BCUT2D eigenvalue weighted by Gasteiger charge is 2.23. The zero-order valence-corrected chi connectivity index (χ0v) is 21.6. The molecular formula is C25H25F2N5O5S. The molecule has 4 rings (SSSR count). The maximum Gasteiger partial charge on any atom is 0.258 e. The number of anilines is 2. The Labute approximate surface area is 217 Å². The minimum absolute atomic E-state index is 0.196. The van der Waals surface area contributed by atoms with E-state index in [-0.39, 0.29) is 23.7 Å². The van der Waals surface area contributed by atoms with Crippen LogP contribution < -0.4 is 19.5 Å². The summed E-state index contributed by atoms with van der Waals surface area (Å²) in [6.45, 7) is 2.00. The quantitative estimate of drug-likeness (QED) is 0.306. The molecule has 0 radical (unpaired) electrons. The third kappa shape index (κ3) is 5.67. The molecule has 0 spiro atoms. The SMILES string of the molecule is CCCS(=O)(=O)Nc1c(F)ccc(C(=O)Nc2cnc3c(c2)c(OC)nn3Cc2ccc(OC)cc2)c1F. The number of rotatable bonds is 10. The van der Waals surface area contributed by atoms with Gasteiger partial charge in [0, 0.05) is 0 Å². The van der Waals surface area contributed by atoms with Gasteiger partial charge in [0.15, 0.2) is 11.5 Å². The number of hydrogen-bond acceptors (Lipinski definition) is 7. The molecular weight excluding hydrogens is 520 g/mol. The van der Waals surface area contributed by atoms with E-state index in [1.165, 1.54) is 13.3 Å². The molecule has 0 saturated carbocycles. The van der Waals surface area contributed by atoms with Crippen molar-refractivity contribution in [3.63, 3.8) is 0 Å². The van der Waals surface area contributed by atoms with Crippen molar-refractivity contribution in [3.05, 3.63) is 71.4 Å². The largest absolute Gasteiger partial charge is 0.497 e. The number of carbonyl (C=O) groups is 1. The molecule has 10 nitrogen and oxygen atoms in total. The minimum Gasteiger partial charge on any atom is -0.497 e. The number of carbonyl (C=O) groups excluding carboxylic acids is 1. The fraction of sp³-hybridized carbons (Fsp3) is 0.240. The van der Waals surface area contributed by atoms with Crippen LogP contribution in [0.4, 0.5) is 20.2 Å². The Kier molecular flexibility index (Phi) is 7.76. The Balaban J connectivity index is 1.60. The zero-order valence-electron chi connectivity index (χ0n) is 20.8. The van der Waals surface area contributed by atoms with Crippen LogP contribution in [0.2, 0.25) is 0 Å². The number of amides is 1. The smallest absolute Gasteiger partial charge is 0.258 e. The number of benzene rings is 2. The average molecular weight is 546 g/mol. The van der Waals surface area contributed by atoms with Crippen LogP contribution in [0.15, 0.2) is 48.7 Å². The van der Waals surface area contributed by atoms with Crippen LogP contribution in [0.25, 0.3) is 11.0 Å². The normalized spacial score (nSPS) is 11.4. The summed E-state index contributed by atoms with van der Waals surface area (Å²) in [6, 6.07) is 10.7. The van der Waals surface area contributed by atoms with Crippen molar-refractivity contribution >= 4 is 38.3 Å². The number of aromatic nitrogens is 3. The third-order valence-electron chi connectivity index (χ3n) is 5.56. The number of pyridine rings is 1. The number of fused-ring (bicyclic) bond motifs is 1. The van der Waals surface area contributed by atoms with E-state index in [0.717, 1.165) is 23.4 Å². The lowest BCUT2D eigenvalue weighted by molar-refractivity contribution is 0.102. The molecule has 0 fully saturated rings. The van der Waals surface area contributed by atoms with E-state index >= 15 is 4.39 Å². The highest BCUT2D eigenvalue weighted by molar-refractivity contribution is 7.92. The van der Waals surface area contributed by atoms with Crippen LogP contribution in [0.5, 0.6) is 11.6 Å². The lowest BCUT2D eigenvalue weighted by atomic mass is 10.1. The van der Waals surface area contributed by atoms with Crippen molar-refractivity contribution in [2.24, 2.45) is 0 Å². The van der Waals surface area contributed by atoms with Crippen LogP contribution in [-0.2, 0) is 16.6 Å². The van der Waals surface area contributed by atoms with Gasteiger partial charge in [-0.2, -0.15) is 0 Å². The molecule has 13 heteroatoms. The maximum atomic E-state index is 15.0. The number of hydrogen-bond donors (Lipinski definition) is 2. The molecule has 38 heavy (non-hydrogen) atoms. The van der Waals surface area contributed by atoms with Crippen LogP contribution in [0.3, 0.4) is 0 Å². The van der Waals surface area contributed by atoms with Crippen molar-refractivity contribution in [1.82, 2.24) is 14.8 Å². The molecule has 0 bridgehead atoms. The summed E-state index contributed by atoms with van der Waals surface area (Å²) >= 11 is 0. The predicted molar refractivity (Wildman–Crippen MR) is 138 cm³/mol. The standard InChI is InChI=1S/C25H25F2N5O5S/c1-4-11-38(34,35)31-22-20(26)10-9-18(21(22)27)24(33)29-16-12-19-23(28-13-16)32(30-25(19)37-3)14-15-5-7-17(36-2)8-6-15/h5-10,12-13,31H,4,11,14H2,1-3H3,(H,29,33). The second-order valence-corrected chi connectivity index (χ2v) is 10.1. The molecule has 2 aromatic carbocycles. The number of nitrogens with zero attached hydrogens (tertiary/aromatic N) is 3. The number of halogens is 2. The van der Waals surface area contributed by atoms with Gasteiger partial charge in [-0.15, -0.1) is 5.10 Å². The summed E-state index contributed by atoms with van der Waals surface area (Å²) in [5.41, 5.74) is 0.149. The summed E-state index contributed by atoms with van der Waals surface area (Å²) in [4.78, 5) is 17.2. The predicted octanol–water partition coefficient (Wildman–Crippen LogP) is 4.18. The fourth-order valence-electron chi connectivity index (χ4n) is 3.76. The van der Waals surface area contributed by atoms with Gasteiger partial charge in [0.25, 0.3) is 5.91 Å². The summed E-state index contributed by atoms with van der Waals surface area (Å²) < 4.78 is 67.3. The van der Waals surface area contributed by atoms with Crippen molar-refractivity contribution in [2.75, 3.05) is 30.0 Å². The summed E-state index contributed by atoms with van der Waals surface area (Å²) in [6.07, 6.45) is 1.60. The lowest BCUT2D eigenvalue weighted by Gasteiger charge is -2.12. The number of ether oxygens (including phenoxy) is 2. The maximum absolute atomic E-state index is 15.0. The number of sulfonamides is 1.